The first-order valence-electron chi connectivity index (χ1n) is 6.82. The molecule has 102 valence electrons. The number of fused-ring (bicyclic) bond motifs is 2. The summed E-state index contributed by atoms with van der Waals surface area (Å²) in [5.74, 6) is 0. The number of nitrogens with two attached hydrogens (primary N) is 1. The Hall–Kier alpha value is -2.88. The van der Waals surface area contributed by atoms with E-state index >= 15 is 0 Å². The quantitative estimate of drug-likeness (QED) is 0.541. The Morgan fingerprint density at radius 3 is 2.86 bits per heavy atom. The Kier molecular flexibility index (Phi) is 2.44. The Bertz CT molecular complexity index is 969. The molecule has 2 N–H and O–H groups in total. The zero-order valence-electron chi connectivity index (χ0n) is 11.6. The third-order valence-electron chi connectivity index (χ3n) is 3.67. The summed E-state index contributed by atoms with van der Waals surface area (Å²) in [5, 5.41) is 1.12. The molecule has 21 heavy (non-hydrogen) atoms. The van der Waals surface area contributed by atoms with Crippen LogP contribution in [0.25, 0.3) is 27.6 Å². The Labute approximate surface area is 121 Å². The van der Waals surface area contributed by atoms with Crippen LogP contribution in [0.1, 0.15) is 5.69 Å². The van der Waals surface area contributed by atoms with Crippen molar-refractivity contribution in [1.29, 1.82) is 0 Å². The molecule has 0 saturated carbocycles. The van der Waals surface area contributed by atoms with Gasteiger partial charge in [-0.25, -0.2) is 4.98 Å². The van der Waals surface area contributed by atoms with E-state index in [0.717, 1.165) is 39.0 Å². The van der Waals surface area contributed by atoms with Crippen molar-refractivity contribution in [2.45, 2.75) is 6.92 Å². The maximum absolute atomic E-state index is 5.82. The second-order valence-corrected chi connectivity index (χ2v) is 5.16. The first kappa shape index (κ1) is 11.9. The third-order valence-corrected chi connectivity index (χ3v) is 3.67. The van der Waals surface area contributed by atoms with Crippen LogP contribution in [-0.4, -0.2) is 14.5 Å². The highest BCUT2D eigenvalue weighted by atomic mass is 15.1. The van der Waals surface area contributed by atoms with Gasteiger partial charge in [-0.15, -0.1) is 0 Å². The summed E-state index contributed by atoms with van der Waals surface area (Å²) in [6, 6.07) is 16.1. The van der Waals surface area contributed by atoms with Gasteiger partial charge >= 0.3 is 0 Å². The average molecular weight is 274 g/mol. The zero-order valence-corrected chi connectivity index (χ0v) is 11.6. The standard InChI is InChI=1S/C17H14N4/c1-11-5-6-12-3-2-4-16(17(12)20-11)21-10-19-14-9-13(18)7-8-15(14)21/h2-10H,18H2,1H3. The van der Waals surface area contributed by atoms with Crippen molar-refractivity contribution in [2.75, 3.05) is 5.73 Å². The molecular formula is C17H14N4. The van der Waals surface area contributed by atoms with Gasteiger partial charge in [0.15, 0.2) is 0 Å². The second-order valence-electron chi connectivity index (χ2n) is 5.16. The minimum absolute atomic E-state index is 0.722. The number of benzene rings is 2. The van der Waals surface area contributed by atoms with Gasteiger partial charge in [-0.1, -0.05) is 18.2 Å². The lowest BCUT2D eigenvalue weighted by molar-refractivity contribution is 1.09. The van der Waals surface area contributed by atoms with Gasteiger partial charge in [0.05, 0.1) is 22.2 Å². The number of hydrogen-bond acceptors (Lipinski definition) is 3. The van der Waals surface area contributed by atoms with Crippen LogP contribution in [0, 0.1) is 6.92 Å². The van der Waals surface area contributed by atoms with Gasteiger partial charge in [0.25, 0.3) is 0 Å². The van der Waals surface area contributed by atoms with Crippen molar-refractivity contribution >= 4 is 27.6 Å². The molecule has 0 amide bonds. The summed E-state index contributed by atoms with van der Waals surface area (Å²) in [6.45, 7) is 2.00. The van der Waals surface area contributed by atoms with E-state index in [1.807, 2.05) is 43.6 Å². The first-order valence-corrected chi connectivity index (χ1v) is 6.82. The maximum atomic E-state index is 5.82. The number of pyridine rings is 1. The molecule has 0 aliphatic carbocycles. The first-order chi connectivity index (χ1) is 10.2. The van der Waals surface area contributed by atoms with Crippen molar-refractivity contribution < 1.29 is 0 Å². The largest absolute Gasteiger partial charge is 0.399 e. The molecule has 0 bridgehead atoms. The van der Waals surface area contributed by atoms with Crippen molar-refractivity contribution in [2.24, 2.45) is 0 Å². The van der Waals surface area contributed by atoms with E-state index in [0.29, 0.717) is 0 Å². The van der Waals surface area contributed by atoms with Gasteiger partial charge in [0.2, 0.25) is 0 Å². The smallest absolute Gasteiger partial charge is 0.100 e. The van der Waals surface area contributed by atoms with Crippen molar-refractivity contribution in [3.05, 3.63) is 60.6 Å². The van der Waals surface area contributed by atoms with Crippen LogP contribution in [-0.2, 0) is 0 Å². The molecule has 0 saturated heterocycles. The van der Waals surface area contributed by atoms with Gasteiger partial charge in [0.1, 0.15) is 6.33 Å². The number of aromatic nitrogens is 3. The van der Waals surface area contributed by atoms with E-state index in [2.05, 4.69) is 32.7 Å². The number of anilines is 1. The number of nitrogen functional groups attached to an aromatic ring is 1. The fourth-order valence-electron chi connectivity index (χ4n) is 2.65. The van der Waals surface area contributed by atoms with Crippen molar-refractivity contribution in [3.63, 3.8) is 0 Å². The van der Waals surface area contributed by atoms with E-state index in [4.69, 9.17) is 5.73 Å². The molecule has 0 aliphatic rings. The number of imidazole rings is 1. The van der Waals surface area contributed by atoms with E-state index in [1.54, 1.807) is 0 Å². The van der Waals surface area contributed by atoms with Crippen LogP contribution in [0.2, 0.25) is 0 Å². The number of rotatable bonds is 1. The molecule has 0 atom stereocenters. The Balaban J connectivity index is 2.06. The molecule has 0 spiro atoms. The monoisotopic (exact) mass is 274 g/mol. The van der Waals surface area contributed by atoms with Crippen LogP contribution >= 0.6 is 0 Å². The fraction of sp³-hybridized carbons (Fsp3) is 0.0588. The molecule has 0 aliphatic heterocycles. The van der Waals surface area contributed by atoms with Gasteiger partial charge in [-0.2, -0.15) is 0 Å². The topological polar surface area (TPSA) is 56.7 Å². The number of hydrogen-bond donors (Lipinski definition) is 1. The molecule has 4 rings (SSSR count). The van der Waals surface area contributed by atoms with Crippen LogP contribution in [0.3, 0.4) is 0 Å². The summed E-state index contributed by atoms with van der Waals surface area (Å²) >= 11 is 0. The van der Waals surface area contributed by atoms with Gasteiger partial charge in [-0.3, -0.25) is 9.55 Å². The van der Waals surface area contributed by atoms with Crippen LogP contribution < -0.4 is 5.73 Å². The van der Waals surface area contributed by atoms with Gasteiger partial charge in [0, 0.05) is 16.8 Å². The second kappa shape index (κ2) is 4.31. The average Bonchev–Trinajstić information content (AvgIpc) is 2.89. The molecule has 4 aromatic rings. The molecule has 4 nitrogen and oxygen atoms in total. The van der Waals surface area contributed by atoms with E-state index in [9.17, 15) is 0 Å². The number of aryl methyl sites for hydroxylation is 1. The fourth-order valence-corrected chi connectivity index (χ4v) is 2.65. The Morgan fingerprint density at radius 2 is 1.95 bits per heavy atom. The van der Waals surface area contributed by atoms with E-state index in [-0.39, 0.29) is 0 Å². The molecule has 0 fully saturated rings. The summed E-state index contributed by atoms with van der Waals surface area (Å²) in [7, 11) is 0. The maximum Gasteiger partial charge on any atom is 0.100 e. The molecular weight excluding hydrogens is 260 g/mol. The molecule has 2 heterocycles. The third kappa shape index (κ3) is 1.84. The molecule has 0 unspecified atom stereocenters. The predicted octanol–water partition coefficient (Wildman–Crippen LogP) is 3.46. The number of nitrogens with zero attached hydrogens (tertiary/aromatic N) is 3. The predicted molar refractivity (Wildman–Crippen MR) is 85.5 cm³/mol. The summed E-state index contributed by atoms with van der Waals surface area (Å²) in [5.41, 5.74) is 11.5. The van der Waals surface area contributed by atoms with Gasteiger partial charge < -0.3 is 5.73 Å². The van der Waals surface area contributed by atoms with Crippen molar-refractivity contribution in [1.82, 2.24) is 14.5 Å². The van der Waals surface area contributed by atoms with Crippen LogP contribution in [0.5, 0.6) is 0 Å². The Morgan fingerprint density at radius 1 is 1.05 bits per heavy atom. The van der Waals surface area contributed by atoms with Gasteiger partial charge in [-0.05, 0) is 37.3 Å². The summed E-state index contributed by atoms with van der Waals surface area (Å²) in [6.07, 6.45) is 1.82. The zero-order chi connectivity index (χ0) is 14.4. The van der Waals surface area contributed by atoms with Crippen LogP contribution in [0.15, 0.2) is 54.9 Å². The van der Waals surface area contributed by atoms with E-state index < -0.39 is 0 Å². The normalized spacial score (nSPS) is 11.3. The minimum Gasteiger partial charge on any atom is -0.399 e. The highest BCUT2D eigenvalue weighted by molar-refractivity contribution is 5.89. The molecule has 4 heteroatoms. The van der Waals surface area contributed by atoms with E-state index in [1.165, 1.54) is 0 Å². The molecule has 2 aromatic carbocycles. The summed E-state index contributed by atoms with van der Waals surface area (Å²) in [4.78, 5) is 9.12. The highest BCUT2D eigenvalue weighted by Crippen LogP contribution is 2.25. The molecule has 0 radical (unpaired) electrons. The lowest BCUT2D eigenvalue weighted by atomic mass is 10.1. The molecule has 2 aromatic heterocycles. The summed E-state index contributed by atoms with van der Waals surface area (Å²) < 4.78 is 2.06. The van der Waals surface area contributed by atoms with Crippen molar-refractivity contribution in [3.8, 4) is 5.69 Å². The lowest BCUT2D eigenvalue weighted by Gasteiger charge is -2.08. The SMILES string of the molecule is Cc1ccc2cccc(-n3cnc4cc(N)ccc43)c2n1. The minimum atomic E-state index is 0.722. The highest BCUT2D eigenvalue weighted by Gasteiger charge is 2.09. The van der Waals surface area contributed by atoms with Crippen LogP contribution in [0.4, 0.5) is 5.69 Å². The number of para-hydroxylation sites is 1. The lowest BCUT2D eigenvalue weighted by Crippen LogP contribution is -1.96.